The van der Waals surface area contributed by atoms with Gasteiger partial charge in [-0.25, -0.2) is 0 Å². The van der Waals surface area contributed by atoms with Crippen molar-refractivity contribution in [3.05, 3.63) is 69.8 Å². The lowest BCUT2D eigenvalue weighted by Gasteiger charge is -2.03. The Morgan fingerprint density at radius 3 is 2.14 bits per heavy atom. The fourth-order valence-corrected chi connectivity index (χ4v) is 2.65. The molecule has 114 valence electrons. The van der Waals surface area contributed by atoms with Crippen LogP contribution in [0.3, 0.4) is 0 Å². The van der Waals surface area contributed by atoms with Gasteiger partial charge in [-0.1, -0.05) is 17.7 Å². The predicted octanol–water partition coefficient (Wildman–Crippen LogP) is 2.00. The van der Waals surface area contributed by atoms with Gasteiger partial charge in [0.25, 0.3) is 15.7 Å². The molecule has 0 heterocycles. The van der Waals surface area contributed by atoms with E-state index in [0.29, 0.717) is 5.56 Å². The molecule has 0 aromatic heterocycles. The molecule has 2 aromatic carbocycles. The van der Waals surface area contributed by atoms with Crippen LogP contribution < -0.4 is 5.73 Å². The average Bonchev–Trinajstić information content (AvgIpc) is 2.47. The Bertz CT molecular complexity index is 825. The first kappa shape index (κ1) is 15.6. The minimum atomic E-state index is -3.92. The number of nitrogens with zero attached hydrogens (tertiary/aromatic N) is 2. The third kappa shape index (κ3) is 3.47. The van der Waals surface area contributed by atoms with Gasteiger partial charge in [0.1, 0.15) is 5.84 Å². The summed E-state index contributed by atoms with van der Waals surface area (Å²) in [6.07, 6.45) is 0. The summed E-state index contributed by atoms with van der Waals surface area (Å²) < 4.78 is 27.8. The molecule has 2 rings (SSSR count). The van der Waals surface area contributed by atoms with Crippen LogP contribution in [0.15, 0.2) is 57.8 Å². The summed E-state index contributed by atoms with van der Waals surface area (Å²) in [6, 6.07) is 11.4. The van der Waals surface area contributed by atoms with E-state index >= 15 is 0 Å². The Labute approximate surface area is 127 Å². The van der Waals surface area contributed by atoms with E-state index in [2.05, 4.69) is 4.40 Å². The van der Waals surface area contributed by atoms with Gasteiger partial charge in [0.15, 0.2) is 0 Å². The van der Waals surface area contributed by atoms with Crippen LogP contribution in [-0.4, -0.2) is 19.2 Å². The molecular weight excluding hydrogens is 306 g/mol. The molecule has 2 aromatic rings. The molecule has 0 atom stereocenters. The Balaban J connectivity index is 2.34. The van der Waals surface area contributed by atoms with Gasteiger partial charge in [-0.15, -0.1) is 4.40 Å². The third-order valence-corrected chi connectivity index (χ3v) is 4.22. The van der Waals surface area contributed by atoms with Crippen LogP contribution in [0.1, 0.15) is 11.1 Å². The standard InChI is InChI=1S/C14H13N3O4S/c1-10-2-8-13(9-3-10)22(20,21)16-14(15)11-4-6-12(7-5-11)17(18)19/h2-9H,1H3,(H2,15,16). The monoisotopic (exact) mass is 319 g/mol. The minimum absolute atomic E-state index is 0.0305. The number of amidine groups is 1. The normalized spacial score (nSPS) is 12.1. The minimum Gasteiger partial charge on any atom is -0.383 e. The largest absolute Gasteiger partial charge is 0.383 e. The molecule has 0 saturated heterocycles. The summed E-state index contributed by atoms with van der Waals surface area (Å²) in [5, 5.41) is 10.6. The van der Waals surface area contributed by atoms with Crippen LogP contribution in [0.2, 0.25) is 0 Å². The number of nitro groups is 1. The summed E-state index contributed by atoms with van der Waals surface area (Å²) in [5.74, 6) is -0.226. The van der Waals surface area contributed by atoms with Crippen LogP contribution in [0, 0.1) is 17.0 Å². The van der Waals surface area contributed by atoms with E-state index in [4.69, 9.17) is 5.73 Å². The fourth-order valence-electron chi connectivity index (χ4n) is 1.70. The number of benzene rings is 2. The van der Waals surface area contributed by atoms with Crippen molar-refractivity contribution in [2.45, 2.75) is 11.8 Å². The second-order valence-corrected chi connectivity index (χ2v) is 6.17. The Morgan fingerprint density at radius 2 is 1.64 bits per heavy atom. The quantitative estimate of drug-likeness (QED) is 0.400. The molecule has 2 N–H and O–H groups in total. The van der Waals surface area contributed by atoms with Crippen molar-refractivity contribution < 1.29 is 13.3 Å². The van der Waals surface area contributed by atoms with Crippen molar-refractivity contribution in [2.24, 2.45) is 10.1 Å². The van der Waals surface area contributed by atoms with E-state index in [1.165, 1.54) is 36.4 Å². The van der Waals surface area contributed by atoms with Gasteiger partial charge in [-0.3, -0.25) is 10.1 Å². The van der Waals surface area contributed by atoms with Crippen molar-refractivity contribution in [1.29, 1.82) is 0 Å². The first-order valence-corrected chi connectivity index (χ1v) is 7.65. The Kier molecular flexibility index (Phi) is 4.22. The second kappa shape index (κ2) is 5.94. The third-order valence-electron chi connectivity index (χ3n) is 2.91. The molecule has 0 saturated carbocycles. The van der Waals surface area contributed by atoms with Crippen molar-refractivity contribution in [3.63, 3.8) is 0 Å². The maximum Gasteiger partial charge on any atom is 0.284 e. The lowest BCUT2D eigenvalue weighted by Crippen LogP contribution is -2.16. The highest BCUT2D eigenvalue weighted by molar-refractivity contribution is 7.90. The van der Waals surface area contributed by atoms with E-state index in [1.807, 2.05) is 6.92 Å². The maximum absolute atomic E-state index is 12.1. The lowest BCUT2D eigenvalue weighted by molar-refractivity contribution is -0.384. The zero-order valence-corrected chi connectivity index (χ0v) is 12.4. The van der Waals surface area contributed by atoms with Gasteiger partial charge in [-0.05, 0) is 31.2 Å². The Hall–Kier alpha value is -2.74. The van der Waals surface area contributed by atoms with Gasteiger partial charge in [0.05, 0.1) is 9.82 Å². The number of non-ortho nitro benzene ring substituents is 1. The first-order valence-electron chi connectivity index (χ1n) is 6.21. The topological polar surface area (TPSA) is 116 Å². The number of sulfonamides is 1. The summed E-state index contributed by atoms with van der Waals surface area (Å²) in [5.41, 5.74) is 6.78. The number of nitrogens with two attached hydrogens (primary N) is 1. The SMILES string of the molecule is Cc1ccc(S(=O)(=O)N=C(N)c2ccc([N+](=O)[O-])cc2)cc1. The molecule has 0 amide bonds. The molecule has 8 heteroatoms. The number of nitro benzene ring substituents is 1. The van der Waals surface area contributed by atoms with Crippen molar-refractivity contribution in [2.75, 3.05) is 0 Å². The summed E-state index contributed by atoms with van der Waals surface area (Å²) in [6.45, 7) is 1.84. The number of hydrogen-bond donors (Lipinski definition) is 1. The number of rotatable bonds is 4. The van der Waals surface area contributed by atoms with Gasteiger partial charge in [-0.2, -0.15) is 8.42 Å². The highest BCUT2D eigenvalue weighted by atomic mass is 32.2. The van der Waals surface area contributed by atoms with E-state index in [1.54, 1.807) is 12.1 Å². The zero-order chi connectivity index (χ0) is 16.3. The van der Waals surface area contributed by atoms with Crippen LogP contribution in [0.25, 0.3) is 0 Å². The summed E-state index contributed by atoms with van der Waals surface area (Å²) >= 11 is 0. The highest BCUT2D eigenvalue weighted by Crippen LogP contribution is 2.15. The van der Waals surface area contributed by atoms with Crippen LogP contribution in [-0.2, 0) is 10.0 Å². The lowest BCUT2D eigenvalue weighted by atomic mass is 10.2. The molecule has 22 heavy (non-hydrogen) atoms. The maximum atomic E-state index is 12.1. The van der Waals surface area contributed by atoms with E-state index in [9.17, 15) is 18.5 Å². The smallest absolute Gasteiger partial charge is 0.284 e. The molecule has 0 unspecified atom stereocenters. The molecule has 7 nitrogen and oxygen atoms in total. The van der Waals surface area contributed by atoms with E-state index < -0.39 is 14.9 Å². The van der Waals surface area contributed by atoms with Gasteiger partial charge < -0.3 is 5.73 Å². The van der Waals surface area contributed by atoms with Crippen molar-refractivity contribution in [3.8, 4) is 0 Å². The highest BCUT2D eigenvalue weighted by Gasteiger charge is 2.14. The molecule has 0 aliphatic rings. The van der Waals surface area contributed by atoms with E-state index in [0.717, 1.165) is 5.56 Å². The summed E-state index contributed by atoms with van der Waals surface area (Å²) in [4.78, 5) is 10.0. The molecule has 0 fully saturated rings. The number of hydrogen-bond acceptors (Lipinski definition) is 4. The van der Waals surface area contributed by atoms with Crippen LogP contribution in [0.5, 0.6) is 0 Å². The van der Waals surface area contributed by atoms with Gasteiger partial charge >= 0.3 is 0 Å². The molecule has 0 aliphatic heterocycles. The molecule has 0 radical (unpaired) electrons. The second-order valence-electron chi connectivity index (χ2n) is 4.57. The van der Waals surface area contributed by atoms with Crippen LogP contribution >= 0.6 is 0 Å². The predicted molar refractivity (Wildman–Crippen MR) is 82.2 cm³/mol. The van der Waals surface area contributed by atoms with Gasteiger partial charge in [0.2, 0.25) is 0 Å². The summed E-state index contributed by atoms with van der Waals surface area (Å²) in [7, 11) is -3.92. The van der Waals surface area contributed by atoms with Crippen molar-refractivity contribution in [1.82, 2.24) is 0 Å². The van der Waals surface area contributed by atoms with E-state index in [-0.39, 0.29) is 16.4 Å². The van der Waals surface area contributed by atoms with Crippen molar-refractivity contribution >= 4 is 21.5 Å². The molecule has 0 spiro atoms. The fraction of sp³-hybridized carbons (Fsp3) is 0.0714. The Morgan fingerprint density at radius 1 is 1.09 bits per heavy atom. The molecular formula is C14H13N3O4S. The average molecular weight is 319 g/mol. The molecule has 0 bridgehead atoms. The number of aryl methyl sites for hydroxylation is 1. The van der Waals surface area contributed by atoms with Gasteiger partial charge in [0, 0.05) is 17.7 Å². The molecule has 0 aliphatic carbocycles. The van der Waals surface area contributed by atoms with Crippen LogP contribution in [0.4, 0.5) is 5.69 Å². The zero-order valence-electron chi connectivity index (χ0n) is 11.6. The first-order chi connectivity index (χ1) is 10.3.